The summed E-state index contributed by atoms with van der Waals surface area (Å²) in [6.45, 7) is 2.74. The SMILES string of the molecule is CNC(C)Cc1noc(COc2ccccc2OCc2ccccc2)n1. The van der Waals surface area contributed by atoms with Crippen molar-refractivity contribution in [2.24, 2.45) is 0 Å². The molecule has 0 saturated heterocycles. The Morgan fingerprint density at radius 2 is 1.62 bits per heavy atom. The molecule has 0 amide bonds. The predicted octanol–water partition coefficient (Wildman–Crippen LogP) is 3.38. The first-order chi connectivity index (χ1) is 12.7. The van der Waals surface area contributed by atoms with Crippen molar-refractivity contribution in [1.82, 2.24) is 15.5 Å². The largest absolute Gasteiger partial charge is 0.485 e. The average Bonchev–Trinajstić information content (AvgIpc) is 3.13. The van der Waals surface area contributed by atoms with Crippen LogP contribution in [-0.4, -0.2) is 23.2 Å². The van der Waals surface area contributed by atoms with Gasteiger partial charge in [0.1, 0.15) is 6.61 Å². The lowest BCUT2D eigenvalue weighted by molar-refractivity contribution is 0.223. The highest BCUT2D eigenvalue weighted by molar-refractivity contribution is 5.39. The molecule has 1 N–H and O–H groups in total. The number of hydrogen-bond acceptors (Lipinski definition) is 6. The zero-order valence-electron chi connectivity index (χ0n) is 15.0. The summed E-state index contributed by atoms with van der Waals surface area (Å²) in [5, 5.41) is 7.12. The van der Waals surface area contributed by atoms with Crippen molar-refractivity contribution in [2.75, 3.05) is 7.05 Å². The summed E-state index contributed by atoms with van der Waals surface area (Å²) in [6, 6.07) is 17.9. The summed E-state index contributed by atoms with van der Waals surface area (Å²) < 4.78 is 16.9. The minimum absolute atomic E-state index is 0.201. The number of para-hydroxylation sites is 2. The smallest absolute Gasteiger partial charge is 0.264 e. The lowest BCUT2D eigenvalue weighted by atomic mass is 10.2. The van der Waals surface area contributed by atoms with E-state index in [1.807, 2.05) is 61.6 Å². The Balaban J connectivity index is 1.58. The lowest BCUT2D eigenvalue weighted by Gasteiger charge is -2.11. The van der Waals surface area contributed by atoms with Crippen LogP contribution in [0.25, 0.3) is 0 Å². The van der Waals surface area contributed by atoms with Crippen LogP contribution in [0.5, 0.6) is 11.5 Å². The molecule has 0 aliphatic carbocycles. The number of hydrogen-bond donors (Lipinski definition) is 1. The van der Waals surface area contributed by atoms with E-state index in [1.165, 1.54) is 0 Å². The van der Waals surface area contributed by atoms with Gasteiger partial charge >= 0.3 is 0 Å². The Labute approximate surface area is 153 Å². The lowest BCUT2D eigenvalue weighted by Crippen LogP contribution is -2.24. The molecule has 1 aromatic heterocycles. The predicted molar refractivity (Wildman–Crippen MR) is 98.1 cm³/mol. The van der Waals surface area contributed by atoms with Crippen LogP contribution in [-0.2, 0) is 19.6 Å². The highest BCUT2D eigenvalue weighted by Gasteiger charge is 2.11. The first-order valence-corrected chi connectivity index (χ1v) is 8.62. The molecule has 0 aliphatic heterocycles. The Hall–Kier alpha value is -2.86. The molecule has 2 aromatic carbocycles. The molecule has 3 aromatic rings. The minimum Gasteiger partial charge on any atom is -0.485 e. The molecular weight excluding hydrogens is 330 g/mol. The minimum atomic E-state index is 0.201. The highest BCUT2D eigenvalue weighted by atomic mass is 16.5. The molecule has 0 spiro atoms. The Morgan fingerprint density at radius 1 is 0.962 bits per heavy atom. The summed E-state index contributed by atoms with van der Waals surface area (Å²) in [5.41, 5.74) is 1.10. The van der Waals surface area contributed by atoms with E-state index in [0.29, 0.717) is 36.2 Å². The monoisotopic (exact) mass is 353 g/mol. The third-order valence-corrected chi connectivity index (χ3v) is 3.93. The van der Waals surface area contributed by atoms with Crippen molar-refractivity contribution >= 4 is 0 Å². The van der Waals surface area contributed by atoms with Crippen molar-refractivity contribution in [2.45, 2.75) is 32.6 Å². The summed E-state index contributed by atoms with van der Waals surface area (Å²) >= 11 is 0. The van der Waals surface area contributed by atoms with Crippen LogP contribution in [0.1, 0.15) is 24.2 Å². The van der Waals surface area contributed by atoms with Gasteiger partial charge in [0, 0.05) is 12.5 Å². The van der Waals surface area contributed by atoms with Gasteiger partial charge in [0.25, 0.3) is 5.89 Å². The Kier molecular flexibility index (Phi) is 6.22. The number of ether oxygens (including phenoxy) is 2. The molecule has 1 heterocycles. The van der Waals surface area contributed by atoms with E-state index in [1.54, 1.807) is 0 Å². The second-order valence-electron chi connectivity index (χ2n) is 6.01. The number of nitrogens with one attached hydrogen (secondary N) is 1. The van der Waals surface area contributed by atoms with E-state index >= 15 is 0 Å². The molecule has 1 atom stereocenters. The zero-order valence-corrected chi connectivity index (χ0v) is 15.0. The van der Waals surface area contributed by atoms with E-state index in [4.69, 9.17) is 14.0 Å². The summed E-state index contributed by atoms with van der Waals surface area (Å²) in [7, 11) is 1.90. The van der Waals surface area contributed by atoms with E-state index in [-0.39, 0.29) is 12.6 Å². The fourth-order valence-electron chi connectivity index (χ4n) is 2.37. The number of rotatable bonds is 9. The van der Waals surface area contributed by atoms with E-state index in [9.17, 15) is 0 Å². The molecule has 6 heteroatoms. The van der Waals surface area contributed by atoms with E-state index in [0.717, 1.165) is 5.56 Å². The molecule has 0 aliphatic rings. The van der Waals surface area contributed by atoms with Crippen LogP contribution in [0.4, 0.5) is 0 Å². The molecule has 6 nitrogen and oxygen atoms in total. The maximum atomic E-state index is 5.88. The van der Waals surface area contributed by atoms with Crippen LogP contribution < -0.4 is 14.8 Å². The van der Waals surface area contributed by atoms with Crippen molar-refractivity contribution in [1.29, 1.82) is 0 Å². The van der Waals surface area contributed by atoms with Gasteiger partial charge in [-0.2, -0.15) is 4.98 Å². The third-order valence-electron chi connectivity index (χ3n) is 3.93. The van der Waals surface area contributed by atoms with Crippen molar-refractivity contribution in [3.63, 3.8) is 0 Å². The van der Waals surface area contributed by atoms with Crippen LogP contribution >= 0.6 is 0 Å². The molecule has 136 valence electrons. The molecule has 3 rings (SSSR count). The number of nitrogens with zero attached hydrogens (tertiary/aromatic N) is 2. The Bertz CT molecular complexity index is 805. The quantitative estimate of drug-likeness (QED) is 0.636. The van der Waals surface area contributed by atoms with Gasteiger partial charge in [0.2, 0.25) is 0 Å². The van der Waals surface area contributed by atoms with Crippen molar-refractivity contribution in [3.8, 4) is 11.5 Å². The maximum absolute atomic E-state index is 5.88. The van der Waals surface area contributed by atoms with Gasteiger partial charge in [0.05, 0.1) is 0 Å². The van der Waals surface area contributed by atoms with Gasteiger partial charge in [-0.1, -0.05) is 47.6 Å². The standard InChI is InChI=1S/C20H23N3O3/c1-15(21-2)12-19-22-20(26-23-19)14-25-18-11-7-6-10-17(18)24-13-16-8-4-3-5-9-16/h3-11,15,21H,12-14H2,1-2H3. The van der Waals surface area contributed by atoms with E-state index < -0.39 is 0 Å². The molecule has 0 bridgehead atoms. The average molecular weight is 353 g/mol. The molecular formula is C20H23N3O3. The normalized spacial score (nSPS) is 11.9. The molecule has 0 radical (unpaired) electrons. The molecule has 26 heavy (non-hydrogen) atoms. The van der Waals surface area contributed by atoms with Gasteiger partial charge in [-0.05, 0) is 31.7 Å². The van der Waals surface area contributed by atoms with Gasteiger partial charge in [-0.25, -0.2) is 0 Å². The fraction of sp³-hybridized carbons (Fsp3) is 0.300. The first kappa shape index (κ1) is 17.9. The zero-order chi connectivity index (χ0) is 18.2. The first-order valence-electron chi connectivity index (χ1n) is 8.62. The molecule has 0 fully saturated rings. The van der Waals surface area contributed by atoms with Crippen molar-refractivity contribution in [3.05, 3.63) is 71.9 Å². The fourth-order valence-corrected chi connectivity index (χ4v) is 2.37. The summed E-state index contributed by atoms with van der Waals surface area (Å²) in [6.07, 6.45) is 0.705. The van der Waals surface area contributed by atoms with E-state index in [2.05, 4.69) is 22.4 Å². The Morgan fingerprint density at radius 3 is 2.31 bits per heavy atom. The van der Waals surface area contributed by atoms with Crippen molar-refractivity contribution < 1.29 is 14.0 Å². The number of likely N-dealkylation sites (N-methyl/N-ethyl adjacent to an activating group) is 1. The molecule has 0 saturated carbocycles. The van der Waals surface area contributed by atoms with Crippen LogP contribution in [0, 0.1) is 0 Å². The number of aromatic nitrogens is 2. The maximum Gasteiger partial charge on any atom is 0.264 e. The number of benzene rings is 2. The van der Waals surface area contributed by atoms with Crippen LogP contribution in [0.2, 0.25) is 0 Å². The third kappa shape index (κ3) is 5.07. The summed E-state index contributed by atoms with van der Waals surface area (Å²) in [5.74, 6) is 2.44. The second-order valence-corrected chi connectivity index (χ2v) is 6.01. The van der Waals surface area contributed by atoms with Gasteiger partial charge in [0.15, 0.2) is 23.9 Å². The van der Waals surface area contributed by atoms with Gasteiger partial charge < -0.3 is 19.3 Å². The topological polar surface area (TPSA) is 69.4 Å². The summed E-state index contributed by atoms with van der Waals surface area (Å²) in [4.78, 5) is 4.35. The van der Waals surface area contributed by atoms with Gasteiger partial charge in [-0.15, -0.1) is 0 Å². The van der Waals surface area contributed by atoms with Gasteiger partial charge in [-0.3, -0.25) is 0 Å². The highest BCUT2D eigenvalue weighted by Crippen LogP contribution is 2.28. The second kappa shape index (κ2) is 9.01. The van der Waals surface area contributed by atoms with Crippen LogP contribution in [0.3, 0.4) is 0 Å². The van der Waals surface area contributed by atoms with Crippen LogP contribution in [0.15, 0.2) is 59.1 Å². The molecule has 1 unspecified atom stereocenters.